The lowest BCUT2D eigenvalue weighted by Crippen LogP contribution is -2.54. The molecule has 0 aliphatic carbocycles. The molecule has 1 saturated heterocycles. The minimum absolute atomic E-state index is 0.114. The van der Waals surface area contributed by atoms with Gasteiger partial charge in [-0.2, -0.15) is 0 Å². The lowest BCUT2D eigenvalue weighted by molar-refractivity contribution is -0.141. The van der Waals surface area contributed by atoms with E-state index in [1.54, 1.807) is 11.0 Å². The second-order valence-corrected chi connectivity index (χ2v) is 7.92. The van der Waals surface area contributed by atoms with E-state index in [1.807, 2.05) is 23.1 Å². The van der Waals surface area contributed by atoms with Crippen molar-refractivity contribution >= 4 is 32.6 Å². The lowest BCUT2D eigenvalue weighted by Gasteiger charge is -2.37. The molecule has 9 heteroatoms. The quantitative estimate of drug-likeness (QED) is 0.642. The van der Waals surface area contributed by atoms with Crippen molar-refractivity contribution in [1.82, 2.24) is 9.88 Å². The number of hydrogen-bond donors (Lipinski definition) is 0. The topological polar surface area (TPSA) is 54.9 Å². The average Bonchev–Trinajstić information content (AvgIpc) is 3.17. The molecule has 2 aliphatic heterocycles. The Morgan fingerprint density at radius 3 is 2.66 bits per heavy atom. The Morgan fingerprint density at radius 1 is 1.10 bits per heavy atom. The molecule has 1 aromatic heterocycles. The van der Waals surface area contributed by atoms with Crippen LogP contribution in [0.5, 0.6) is 11.5 Å². The van der Waals surface area contributed by atoms with E-state index in [1.165, 1.54) is 17.4 Å². The third-order valence-electron chi connectivity index (χ3n) is 5.05. The van der Waals surface area contributed by atoms with E-state index in [0.29, 0.717) is 47.5 Å². The summed E-state index contributed by atoms with van der Waals surface area (Å²) in [5.74, 6) is -0.181. The number of halogens is 2. The molecule has 29 heavy (non-hydrogen) atoms. The van der Waals surface area contributed by atoms with Gasteiger partial charge in [-0.05, 0) is 18.2 Å². The van der Waals surface area contributed by atoms with Gasteiger partial charge < -0.3 is 19.3 Å². The number of thiazole rings is 1. The summed E-state index contributed by atoms with van der Waals surface area (Å²) in [5.41, 5.74) is 0.177. The first-order valence-corrected chi connectivity index (χ1v) is 10.1. The van der Waals surface area contributed by atoms with Crippen LogP contribution >= 0.6 is 11.3 Å². The molecule has 5 rings (SSSR count). The summed E-state index contributed by atoms with van der Waals surface area (Å²) in [6.07, 6.45) is -0.670. The van der Waals surface area contributed by atoms with E-state index in [4.69, 9.17) is 9.47 Å². The van der Waals surface area contributed by atoms with Crippen molar-refractivity contribution in [3.8, 4) is 11.5 Å². The Bertz CT molecular complexity index is 1080. The zero-order valence-electron chi connectivity index (χ0n) is 15.3. The molecule has 0 radical (unpaired) electrons. The van der Waals surface area contributed by atoms with Crippen LogP contribution in [0.25, 0.3) is 10.2 Å². The molecule has 1 fully saturated rings. The third-order valence-corrected chi connectivity index (χ3v) is 6.11. The molecule has 3 heterocycles. The fourth-order valence-corrected chi connectivity index (χ4v) is 4.60. The van der Waals surface area contributed by atoms with Gasteiger partial charge in [0.15, 0.2) is 22.4 Å². The van der Waals surface area contributed by atoms with Crippen LogP contribution in [0.15, 0.2) is 36.4 Å². The Labute approximate surface area is 169 Å². The van der Waals surface area contributed by atoms with Crippen LogP contribution in [0, 0.1) is 11.6 Å². The maximum absolute atomic E-state index is 13.9. The number of rotatable bonds is 2. The van der Waals surface area contributed by atoms with E-state index in [-0.39, 0.29) is 18.0 Å². The normalized spacial score (nSPS) is 18.9. The van der Waals surface area contributed by atoms with Gasteiger partial charge in [-0.3, -0.25) is 4.79 Å². The first-order chi connectivity index (χ1) is 14.1. The van der Waals surface area contributed by atoms with Crippen LogP contribution < -0.4 is 14.4 Å². The maximum atomic E-state index is 13.9. The molecular formula is C20H17F2N3O3S. The van der Waals surface area contributed by atoms with Crippen molar-refractivity contribution in [1.29, 1.82) is 0 Å². The first-order valence-electron chi connectivity index (χ1n) is 9.26. The Kier molecular flexibility index (Phi) is 4.46. The highest BCUT2D eigenvalue weighted by molar-refractivity contribution is 7.22. The fourth-order valence-electron chi connectivity index (χ4n) is 3.54. The molecule has 2 aromatic carbocycles. The lowest BCUT2D eigenvalue weighted by atomic mass is 10.2. The van der Waals surface area contributed by atoms with Crippen LogP contribution in [0.2, 0.25) is 0 Å². The van der Waals surface area contributed by atoms with Gasteiger partial charge >= 0.3 is 0 Å². The zero-order chi connectivity index (χ0) is 20.0. The van der Waals surface area contributed by atoms with Crippen LogP contribution in [-0.4, -0.2) is 54.7 Å². The number of fused-ring (bicyclic) bond motifs is 2. The molecule has 3 aromatic rings. The van der Waals surface area contributed by atoms with E-state index in [9.17, 15) is 13.6 Å². The van der Waals surface area contributed by atoms with Crippen molar-refractivity contribution < 1.29 is 23.0 Å². The number of amides is 1. The molecular weight excluding hydrogens is 400 g/mol. The highest BCUT2D eigenvalue weighted by Gasteiger charge is 2.33. The van der Waals surface area contributed by atoms with Gasteiger partial charge in [-0.25, -0.2) is 13.8 Å². The second kappa shape index (κ2) is 7.14. The highest BCUT2D eigenvalue weighted by Crippen LogP contribution is 2.33. The van der Waals surface area contributed by atoms with Crippen molar-refractivity contribution in [2.24, 2.45) is 0 Å². The van der Waals surface area contributed by atoms with E-state index in [2.05, 4.69) is 4.98 Å². The molecule has 6 nitrogen and oxygen atoms in total. The van der Waals surface area contributed by atoms with Crippen molar-refractivity contribution in [2.75, 3.05) is 37.7 Å². The summed E-state index contributed by atoms with van der Waals surface area (Å²) >= 11 is 1.25. The van der Waals surface area contributed by atoms with Gasteiger partial charge in [-0.15, -0.1) is 0 Å². The summed E-state index contributed by atoms with van der Waals surface area (Å²) < 4.78 is 39.2. The monoisotopic (exact) mass is 417 g/mol. The standard InChI is InChI=1S/C20H17F2N3O3S/c21-12-9-13(22)18-17(10-12)29-20(23-18)25-7-5-24(6-8-25)19(26)16-11-27-14-3-1-2-4-15(14)28-16/h1-4,9-10,16H,5-8,11H2/t16-/m1/s1. The van der Waals surface area contributed by atoms with Crippen LogP contribution in [0.4, 0.5) is 13.9 Å². The number of piperazine rings is 1. The van der Waals surface area contributed by atoms with Crippen LogP contribution in [-0.2, 0) is 4.79 Å². The highest BCUT2D eigenvalue weighted by atomic mass is 32.1. The molecule has 0 spiro atoms. The molecule has 1 amide bonds. The number of anilines is 1. The number of nitrogens with zero attached hydrogens (tertiary/aromatic N) is 3. The Balaban J connectivity index is 1.25. The fraction of sp³-hybridized carbons (Fsp3) is 0.300. The van der Waals surface area contributed by atoms with Crippen molar-refractivity contribution in [3.05, 3.63) is 48.0 Å². The van der Waals surface area contributed by atoms with E-state index in [0.717, 1.165) is 6.07 Å². The number of benzene rings is 2. The molecule has 0 unspecified atom stereocenters. The predicted octanol–water partition coefficient (Wildman–Crippen LogP) is 3.06. The molecule has 0 saturated carbocycles. The SMILES string of the molecule is O=C([C@H]1COc2ccccc2O1)N1CCN(c2nc3c(F)cc(F)cc3s2)CC1. The number of aromatic nitrogens is 1. The van der Waals surface area contributed by atoms with Crippen molar-refractivity contribution in [2.45, 2.75) is 6.10 Å². The maximum Gasteiger partial charge on any atom is 0.267 e. The number of carbonyl (C=O) groups is 1. The summed E-state index contributed by atoms with van der Waals surface area (Å²) in [6.45, 7) is 2.28. The number of ether oxygens (including phenoxy) is 2. The summed E-state index contributed by atoms with van der Waals surface area (Å²) in [5, 5.41) is 0.628. The minimum Gasteiger partial charge on any atom is -0.485 e. The smallest absolute Gasteiger partial charge is 0.267 e. The summed E-state index contributed by atoms with van der Waals surface area (Å²) in [7, 11) is 0. The van der Waals surface area contributed by atoms with Crippen LogP contribution in [0.3, 0.4) is 0 Å². The number of carbonyl (C=O) groups excluding carboxylic acids is 1. The van der Waals surface area contributed by atoms with Gasteiger partial charge in [-0.1, -0.05) is 23.5 Å². The van der Waals surface area contributed by atoms with Gasteiger partial charge in [0.25, 0.3) is 5.91 Å². The third kappa shape index (κ3) is 3.35. The molecule has 2 aliphatic rings. The average molecular weight is 417 g/mol. The summed E-state index contributed by atoms with van der Waals surface area (Å²) in [6, 6.07) is 9.40. The second-order valence-electron chi connectivity index (χ2n) is 6.91. The molecule has 0 bridgehead atoms. The van der Waals surface area contributed by atoms with Gasteiger partial charge in [0.2, 0.25) is 6.10 Å². The Hall–Kier alpha value is -2.94. The predicted molar refractivity (Wildman–Crippen MR) is 105 cm³/mol. The first kappa shape index (κ1) is 18.1. The van der Waals surface area contributed by atoms with Crippen LogP contribution in [0.1, 0.15) is 0 Å². The van der Waals surface area contributed by atoms with E-state index < -0.39 is 17.7 Å². The zero-order valence-corrected chi connectivity index (χ0v) is 16.1. The van der Waals surface area contributed by atoms with Gasteiger partial charge in [0.1, 0.15) is 17.9 Å². The van der Waals surface area contributed by atoms with Gasteiger partial charge in [0.05, 0.1) is 4.70 Å². The largest absolute Gasteiger partial charge is 0.485 e. The van der Waals surface area contributed by atoms with E-state index >= 15 is 0 Å². The van der Waals surface area contributed by atoms with Crippen molar-refractivity contribution in [3.63, 3.8) is 0 Å². The molecule has 0 N–H and O–H groups in total. The molecule has 150 valence electrons. The van der Waals surface area contributed by atoms with Gasteiger partial charge in [0, 0.05) is 32.2 Å². The number of para-hydroxylation sites is 2. The summed E-state index contributed by atoms with van der Waals surface area (Å²) in [4.78, 5) is 20.9. The Morgan fingerprint density at radius 2 is 1.86 bits per heavy atom. The minimum atomic E-state index is -0.670. The molecule has 1 atom stereocenters. The number of hydrogen-bond acceptors (Lipinski definition) is 6.